The summed E-state index contributed by atoms with van der Waals surface area (Å²) in [5, 5.41) is 23.8. The molecule has 1 aliphatic heterocycles. The van der Waals surface area contributed by atoms with Crippen LogP contribution >= 0.6 is 15.9 Å². The Morgan fingerprint density at radius 3 is 2.97 bits per heavy atom. The number of nitrogens with two attached hydrogens (primary N) is 1. The third kappa shape index (κ3) is 3.16. The number of anilines is 1. The van der Waals surface area contributed by atoms with Crippen molar-refractivity contribution in [1.82, 2.24) is 19.5 Å². The van der Waals surface area contributed by atoms with Gasteiger partial charge in [0.05, 0.1) is 27.2 Å². The van der Waals surface area contributed by atoms with E-state index in [4.69, 9.17) is 10.5 Å². The number of fused-ring (bicyclic) bond motifs is 3. The molecule has 1 saturated heterocycles. The highest BCUT2D eigenvalue weighted by atomic mass is 79.9. The summed E-state index contributed by atoms with van der Waals surface area (Å²) in [4.78, 5) is 12.7. The zero-order valence-electron chi connectivity index (χ0n) is 18.3. The first-order chi connectivity index (χ1) is 16.3. The van der Waals surface area contributed by atoms with Crippen molar-refractivity contribution in [1.29, 1.82) is 0 Å². The van der Waals surface area contributed by atoms with Crippen molar-refractivity contribution >= 4 is 43.7 Å². The van der Waals surface area contributed by atoms with Gasteiger partial charge in [0.1, 0.15) is 29.5 Å². The van der Waals surface area contributed by atoms with Gasteiger partial charge in [0.25, 0.3) is 0 Å². The summed E-state index contributed by atoms with van der Waals surface area (Å²) < 4.78 is 23.1. The topological polar surface area (TPSA) is 119 Å². The quantitative estimate of drug-likeness (QED) is 0.373. The Morgan fingerprint density at radius 1 is 1.32 bits per heavy atom. The number of nitrogen functional groups attached to an aromatic ring is 1. The maximum atomic E-state index is 14.7. The van der Waals surface area contributed by atoms with Crippen LogP contribution in [0.1, 0.15) is 30.3 Å². The highest BCUT2D eigenvalue weighted by Crippen LogP contribution is 2.50. The Kier molecular flexibility index (Phi) is 4.93. The standard InChI is InChI=1S/C24H23BrFN5O3/c1-11-18-16(26)9-31(22(18)29-10-28-11)23-19(32)24(33)5-4-14(20(24)34-23)6-12-2-3-13-8-15(25)21(27)30-17(13)7-12/h2-3,7-10,14,19-20,23,32-33H,4-6H2,1H3,(H2,27,30)/t14-,19-,20+,23+,24-/m0/s1. The molecule has 0 bridgehead atoms. The highest BCUT2D eigenvalue weighted by molar-refractivity contribution is 9.10. The van der Waals surface area contributed by atoms with Gasteiger partial charge in [-0.15, -0.1) is 0 Å². The minimum absolute atomic E-state index is 0.0297. The third-order valence-corrected chi connectivity index (χ3v) is 7.93. The molecule has 0 amide bonds. The molecule has 4 aromatic rings. The molecule has 34 heavy (non-hydrogen) atoms. The van der Waals surface area contributed by atoms with Gasteiger partial charge in [-0.3, -0.25) is 0 Å². The molecule has 2 aliphatic rings. The number of ether oxygens (including phenoxy) is 1. The van der Waals surface area contributed by atoms with Crippen molar-refractivity contribution in [3.63, 3.8) is 0 Å². The van der Waals surface area contributed by atoms with Crippen molar-refractivity contribution in [2.75, 3.05) is 5.73 Å². The lowest BCUT2D eigenvalue weighted by Gasteiger charge is -2.26. The monoisotopic (exact) mass is 527 g/mol. The summed E-state index contributed by atoms with van der Waals surface area (Å²) in [6, 6.07) is 7.95. The smallest absolute Gasteiger partial charge is 0.164 e. The Balaban J connectivity index is 1.31. The maximum Gasteiger partial charge on any atom is 0.164 e. The van der Waals surface area contributed by atoms with E-state index in [1.165, 1.54) is 17.1 Å². The summed E-state index contributed by atoms with van der Waals surface area (Å²) in [5.41, 5.74) is 7.19. The van der Waals surface area contributed by atoms with E-state index >= 15 is 0 Å². The maximum absolute atomic E-state index is 14.7. The molecular formula is C24H23BrFN5O3. The predicted octanol–water partition coefficient (Wildman–Crippen LogP) is 3.41. The summed E-state index contributed by atoms with van der Waals surface area (Å²) >= 11 is 3.40. The van der Waals surface area contributed by atoms with E-state index in [-0.39, 0.29) is 11.3 Å². The number of benzene rings is 1. The first kappa shape index (κ1) is 21.8. The van der Waals surface area contributed by atoms with E-state index in [0.717, 1.165) is 20.9 Å². The van der Waals surface area contributed by atoms with Crippen LogP contribution in [-0.4, -0.2) is 47.5 Å². The van der Waals surface area contributed by atoms with Gasteiger partial charge in [0.15, 0.2) is 12.0 Å². The van der Waals surface area contributed by atoms with Gasteiger partial charge in [-0.05, 0) is 65.7 Å². The summed E-state index contributed by atoms with van der Waals surface area (Å²) in [6.45, 7) is 1.70. The second-order valence-corrected chi connectivity index (χ2v) is 10.2. The van der Waals surface area contributed by atoms with Crippen molar-refractivity contribution in [2.45, 2.75) is 50.2 Å². The Hall–Kier alpha value is -2.66. The predicted molar refractivity (Wildman–Crippen MR) is 127 cm³/mol. The fourth-order valence-corrected chi connectivity index (χ4v) is 5.91. The zero-order valence-corrected chi connectivity index (χ0v) is 19.9. The van der Waals surface area contributed by atoms with E-state index in [1.807, 2.05) is 24.3 Å². The van der Waals surface area contributed by atoms with Crippen LogP contribution in [0.15, 0.2) is 41.3 Å². The van der Waals surface area contributed by atoms with Crippen LogP contribution in [0.5, 0.6) is 0 Å². The Bertz CT molecular complexity index is 1450. The number of rotatable bonds is 3. The Labute approximate surface area is 202 Å². The van der Waals surface area contributed by atoms with Gasteiger partial charge in [-0.1, -0.05) is 12.1 Å². The molecule has 8 nitrogen and oxygen atoms in total. The minimum Gasteiger partial charge on any atom is -0.385 e. The second kappa shape index (κ2) is 7.67. The molecule has 1 saturated carbocycles. The molecule has 0 radical (unpaired) electrons. The van der Waals surface area contributed by atoms with Gasteiger partial charge in [-0.25, -0.2) is 19.3 Å². The van der Waals surface area contributed by atoms with Gasteiger partial charge in [0.2, 0.25) is 0 Å². The van der Waals surface area contributed by atoms with Crippen LogP contribution in [0.3, 0.4) is 0 Å². The third-order valence-electron chi connectivity index (χ3n) is 7.29. The van der Waals surface area contributed by atoms with E-state index in [0.29, 0.717) is 36.4 Å². The summed E-state index contributed by atoms with van der Waals surface area (Å²) in [6.07, 6.45) is 1.57. The highest BCUT2D eigenvalue weighted by Gasteiger charge is 2.61. The normalized spacial score (nSPS) is 28.7. The fraction of sp³-hybridized carbons (Fsp3) is 0.375. The van der Waals surface area contributed by atoms with E-state index in [9.17, 15) is 14.6 Å². The lowest BCUT2D eigenvalue weighted by molar-refractivity contribution is -0.0675. The van der Waals surface area contributed by atoms with Gasteiger partial charge in [0, 0.05) is 11.6 Å². The second-order valence-electron chi connectivity index (χ2n) is 9.31. The molecule has 5 atom stereocenters. The lowest BCUT2D eigenvalue weighted by atomic mass is 9.90. The molecule has 2 fully saturated rings. The Morgan fingerprint density at radius 2 is 2.15 bits per heavy atom. The SMILES string of the molecule is Cc1ncnc2c1c(F)cn2[C@@H]1O[C@@H]2[C@H](Cc3ccc4cc(Br)c(N)nc4c3)CC[C@]2(O)[C@H]1O. The number of aliphatic hydroxyl groups is 2. The number of aliphatic hydroxyl groups excluding tert-OH is 1. The molecule has 176 valence electrons. The minimum atomic E-state index is -1.42. The number of nitrogens with zero attached hydrogens (tertiary/aromatic N) is 4. The molecule has 1 aliphatic carbocycles. The number of hydrogen-bond donors (Lipinski definition) is 3. The number of aromatic nitrogens is 4. The number of pyridine rings is 1. The van der Waals surface area contributed by atoms with Crippen molar-refractivity contribution in [3.05, 3.63) is 58.3 Å². The number of aryl methyl sites for hydroxylation is 1. The molecule has 4 heterocycles. The van der Waals surface area contributed by atoms with Crippen molar-refractivity contribution < 1.29 is 19.3 Å². The molecule has 10 heteroatoms. The number of hydrogen-bond acceptors (Lipinski definition) is 7. The van der Waals surface area contributed by atoms with Gasteiger partial charge in [-0.2, -0.15) is 0 Å². The summed E-state index contributed by atoms with van der Waals surface area (Å²) in [5.74, 6) is -0.0905. The number of halogens is 2. The van der Waals surface area contributed by atoms with Crippen LogP contribution < -0.4 is 5.73 Å². The zero-order chi connectivity index (χ0) is 23.8. The van der Waals surface area contributed by atoms with Crippen LogP contribution in [0.25, 0.3) is 21.9 Å². The van der Waals surface area contributed by atoms with E-state index in [2.05, 4.69) is 30.9 Å². The molecular weight excluding hydrogens is 505 g/mol. The first-order valence-corrected chi connectivity index (χ1v) is 11.9. The van der Waals surface area contributed by atoms with Crippen LogP contribution in [0.4, 0.5) is 10.2 Å². The summed E-state index contributed by atoms with van der Waals surface area (Å²) in [7, 11) is 0. The van der Waals surface area contributed by atoms with Crippen LogP contribution in [-0.2, 0) is 11.2 Å². The molecule has 0 spiro atoms. The largest absolute Gasteiger partial charge is 0.385 e. The fourth-order valence-electron chi connectivity index (χ4n) is 5.57. The molecule has 6 rings (SSSR count). The lowest BCUT2D eigenvalue weighted by Crippen LogP contribution is -2.45. The van der Waals surface area contributed by atoms with Crippen LogP contribution in [0, 0.1) is 18.7 Å². The van der Waals surface area contributed by atoms with E-state index < -0.39 is 29.9 Å². The van der Waals surface area contributed by atoms with E-state index in [1.54, 1.807) is 6.92 Å². The molecule has 1 aromatic carbocycles. The van der Waals surface area contributed by atoms with Crippen molar-refractivity contribution in [2.24, 2.45) is 5.92 Å². The van der Waals surface area contributed by atoms with Gasteiger partial charge >= 0.3 is 0 Å². The van der Waals surface area contributed by atoms with Crippen LogP contribution in [0.2, 0.25) is 0 Å². The van der Waals surface area contributed by atoms with Gasteiger partial charge < -0.3 is 25.3 Å². The first-order valence-electron chi connectivity index (χ1n) is 11.1. The average Bonchev–Trinajstić information content (AvgIpc) is 3.39. The average molecular weight is 528 g/mol. The van der Waals surface area contributed by atoms with Crippen molar-refractivity contribution in [3.8, 4) is 0 Å². The molecule has 3 aromatic heterocycles. The molecule has 4 N–H and O–H groups in total. The molecule has 0 unspecified atom stereocenters.